The summed E-state index contributed by atoms with van der Waals surface area (Å²) in [6, 6.07) is 5.86. The van der Waals surface area contributed by atoms with Crippen LogP contribution in [0.3, 0.4) is 0 Å². The Morgan fingerprint density at radius 2 is 2.00 bits per heavy atom. The monoisotopic (exact) mass is 363 g/mol. The van der Waals surface area contributed by atoms with Crippen LogP contribution in [0.25, 0.3) is 11.5 Å². The normalized spacial score (nSPS) is 11.8. The molecule has 136 valence electrons. The van der Waals surface area contributed by atoms with Crippen LogP contribution >= 0.6 is 0 Å². The second-order valence-corrected chi connectivity index (χ2v) is 5.78. The van der Waals surface area contributed by atoms with Crippen LogP contribution in [0, 0.1) is 0 Å². The lowest BCUT2D eigenvalue weighted by Crippen LogP contribution is -2.14. The predicted molar refractivity (Wildman–Crippen MR) is 88.0 cm³/mol. The molecule has 3 aromatic heterocycles. The Labute approximate surface area is 147 Å². The third-order valence-electron chi connectivity index (χ3n) is 3.54. The van der Waals surface area contributed by atoms with Crippen LogP contribution in [-0.4, -0.2) is 29.7 Å². The molecule has 0 aliphatic heterocycles. The molecular weight excluding hydrogens is 347 g/mol. The van der Waals surface area contributed by atoms with Crippen molar-refractivity contribution < 1.29 is 13.2 Å². The average Bonchev–Trinajstić information content (AvgIpc) is 3.09. The molecule has 0 amide bonds. The SMILES string of the molecule is CC(C)n1cnnc1CNc1cc(C(F)(F)F)nc(-c2ccccn2)n1. The van der Waals surface area contributed by atoms with Crippen LogP contribution in [0.2, 0.25) is 0 Å². The highest BCUT2D eigenvalue weighted by molar-refractivity contribution is 5.53. The molecule has 3 rings (SSSR count). The van der Waals surface area contributed by atoms with E-state index in [0.29, 0.717) is 5.82 Å². The molecule has 7 nitrogen and oxygen atoms in total. The predicted octanol–water partition coefficient (Wildman–Crippen LogP) is 3.34. The second-order valence-electron chi connectivity index (χ2n) is 5.78. The number of nitrogens with zero attached hydrogens (tertiary/aromatic N) is 6. The van der Waals surface area contributed by atoms with Gasteiger partial charge in [0.25, 0.3) is 0 Å². The van der Waals surface area contributed by atoms with Crippen molar-refractivity contribution in [3.8, 4) is 11.5 Å². The summed E-state index contributed by atoms with van der Waals surface area (Å²) in [6.45, 7) is 4.09. The van der Waals surface area contributed by atoms with Gasteiger partial charge in [0.05, 0.1) is 6.54 Å². The smallest absolute Gasteiger partial charge is 0.363 e. The molecule has 10 heteroatoms. The molecule has 0 fully saturated rings. The molecule has 0 spiro atoms. The first-order chi connectivity index (χ1) is 12.3. The number of anilines is 1. The van der Waals surface area contributed by atoms with E-state index in [9.17, 15) is 13.2 Å². The van der Waals surface area contributed by atoms with Crippen molar-refractivity contribution in [2.24, 2.45) is 0 Å². The molecule has 0 atom stereocenters. The average molecular weight is 363 g/mol. The molecule has 0 saturated heterocycles. The van der Waals surface area contributed by atoms with Crippen LogP contribution < -0.4 is 5.32 Å². The maximum Gasteiger partial charge on any atom is 0.433 e. The number of pyridine rings is 1. The minimum atomic E-state index is -4.60. The van der Waals surface area contributed by atoms with Gasteiger partial charge >= 0.3 is 6.18 Å². The Morgan fingerprint density at radius 3 is 2.65 bits per heavy atom. The van der Waals surface area contributed by atoms with Crippen molar-refractivity contribution in [2.75, 3.05) is 5.32 Å². The van der Waals surface area contributed by atoms with Crippen molar-refractivity contribution in [3.63, 3.8) is 0 Å². The van der Waals surface area contributed by atoms with Crippen molar-refractivity contribution in [2.45, 2.75) is 32.6 Å². The second kappa shape index (κ2) is 7.06. The maximum absolute atomic E-state index is 13.2. The number of nitrogens with one attached hydrogen (secondary N) is 1. The number of hydrogen-bond acceptors (Lipinski definition) is 6. The summed E-state index contributed by atoms with van der Waals surface area (Å²) >= 11 is 0. The fourth-order valence-electron chi connectivity index (χ4n) is 2.29. The molecule has 0 bridgehead atoms. The minimum Gasteiger partial charge on any atom is -0.363 e. The Bertz CT molecular complexity index is 875. The lowest BCUT2D eigenvalue weighted by Gasteiger charge is -2.13. The summed E-state index contributed by atoms with van der Waals surface area (Å²) in [6.07, 6.45) is -1.56. The third kappa shape index (κ3) is 3.95. The van der Waals surface area contributed by atoms with Gasteiger partial charge in [-0.1, -0.05) is 6.07 Å². The standard InChI is InChI=1S/C16H16F3N7/c1-10(2)26-9-22-25-14(26)8-21-13-7-12(16(17,18)19)23-15(24-13)11-5-3-4-6-20-11/h3-7,9-10H,8H2,1-2H3,(H,21,23,24). The van der Waals surface area contributed by atoms with E-state index in [0.717, 1.165) is 6.07 Å². The van der Waals surface area contributed by atoms with Crippen molar-refractivity contribution >= 4 is 5.82 Å². The number of aromatic nitrogens is 6. The maximum atomic E-state index is 13.2. The zero-order valence-electron chi connectivity index (χ0n) is 14.1. The van der Waals surface area contributed by atoms with Crippen molar-refractivity contribution in [3.05, 3.63) is 48.3 Å². The lowest BCUT2D eigenvalue weighted by molar-refractivity contribution is -0.141. The van der Waals surface area contributed by atoms with Crippen LogP contribution in [0.5, 0.6) is 0 Å². The van der Waals surface area contributed by atoms with E-state index in [1.54, 1.807) is 24.5 Å². The van der Waals surface area contributed by atoms with Gasteiger partial charge in [-0.25, -0.2) is 9.97 Å². The Hall–Kier alpha value is -3.04. The fraction of sp³-hybridized carbons (Fsp3) is 0.312. The molecule has 0 aliphatic rings. The molecule has 0 aromatic carbocycles. The summed E-state index contributed by atoms with van der Waals surface area (Å²) in [5, 5.41) is 10.7. The largest absolute Gasteiger partial charge is 0.433 e. The summed E-state index contributed by atoms with van der Waals surface area (Å²) in [4.78, 5) is 11.8. The van der Waals surface area contributed by atoms with Gasteiger partial charge in [0, 0.05) is 18.3 Å². The van der Waals surface area contributed by atoms with Gasteiger partial charge in [0.15, 0.2) is 17.3 Å². The molecule has 1 N–H and O–H groups in total. The van der Waals surface area contributed by atoms with Gasteiger partial charge in [0.2, 0.25) is 0 Å². The van der Waals surface area contributed by atoms with E-state index < -0.39 is 11.9 Å². The van der Waals surface area contributed by atoms with E-state index >= 15 is 0 Å². The number of hydrogen-bond donors (Lipinski definition) is 1. The highest BCUT2D eigenvalue weighted by Gasteiger charge is 2.34. The fourth-order valence-corrected chi connectivity index (χ4v) is 2.29. The van der Waals surface area contributed by atoms with Gasteiger partial charge in [-0.2, -0.15) is 13.2 Å². The van der Waals surface area contributed by atoms with Crippen LogP contribution in [0.15, 0.2) is 36.8 Å². The summed E-state index contributed by atoms with van der Waals surface area (Å²) in [5.41, 5.74) is -0.784. The van der Waals surface area contributed by atoms with Crippen LogP contribution in [-0.2, 0) is 12.7 Å². The number of rotatable bonds is 5. The molecule has 3 heterocycles. The van der Waals surface area contributed by atoms with Crippen molar-refractivity contribution in [1.82, 2.24) is 29.7 Å². The summed E-state index contributed by atoms with van der Waals surface area (Å²) in [7, 11) is 0. The minimum absolute atomic E-state index is 0.0336. The number of halogens is 3. The molecular formula is C16H16F3N7. The molecule has 3 aromatic rings. The first-order valence-corrected chi connectivity index (χ1v) is 7.84. The molecule has 0 saturated carbocycles. The van der Waals surface area contributed by atoms with Crippen molar-refractivity contribution in [1.29, 1.82) is 0 Å². The Kier molecular flexibility index (Phi) is 4.83. The highest BCUT2D eigenvalue weighted by Crippen LogP contribution is 2.30. The van der Waals surface area contributed by atoms with E-state index in [1.165, 1.54) is 6.20 Å². The Balaban J connectivity index is 1.92. The van der Waals surface area contributed by atoms with Gasteiger partial charge < -0.3 is 9.88 Å². The molecule has 0 unspecified atom stereocenters. The van der Waals surface area contributed by atoms with E-state index in [1.807, 2.05) is 18.4 Å². The topological polar surface area (TPSA) is 81.4 Å². The van der Waals surface area contributed by atoms with Gasteiger partial charge in [-0.3, -0.25) is 4.98 Å². The molecule has 0 radical (unpaired) electrons. The lowest BCUT2D eigenvalue weighted by atomic mass is 10.3. The Morgan fingerprint density at radius 1 is 1.19 bits per heavy atom. The third-order valence-corrected chi connectivity index (χ3v) is 3.54. The molecule has 0 aliphatic carbocycles. The highest BCUT2D eigenvalue weighted by atomic mass is 19.4. The first-order valence-electron chi connectivity index (χ1n) is 7.84. The molecule has 26 heavy (non-hydrogen) atoms. The van der Waals surface area contributed by atoms with E-state index in [2.05, 4.69) is 30.5 Å². The number of alkyl halides is 3. The zero-order valence-corrected chi connectivity index (χ0v) is 14.1. The first kappa shape index (κ1) is 17.8. The zero-order chi connectivity index (χ0) is 18.7. The van der Waals surface area contributed by atoms with Crippen LogP contribution in [0.1, 0.15) is 31.4 Å². The summed E-state index contributed by atoms with van der Waals surface area (Å²) in [5.74, 6) is 0.520. The van der Waals surface area contributed by atoms with Gasteiger partial charge in [-0.05, 0) is 26.0 Å². The van der Waals surface area contributed by atoms with E-state index in [-0.39, 0.29) is 29.9 Å². The summed E-state index contributed by atoms with van der Waals surface area (Å²) < 4.78 is 41.4. The quantitative estimate of drug-likeness (QED) is 0.749. The van der Waals surface area contributed by atoms with Crippen LogP contribution in [0.4, 0.5) is 19.0 Å². The van der Waals surface area contributed by atoms with Gasteiger partial charge in [0.1, 0.15) is 17.8 Å². The van der Waals surface area contributed by atoms with Gasteiger partial charge in [-0.15, -0.1) is 10.2 Å². The van der Waals surface area contributed by atoms with E-state index in [4.69, 9.17) is 0 Å².